The first-order valence-electron chi connectivity index (χ1n) is 9.46. The van der Waals surface area contributed by atoms with Crippen LogP contribution < -0.4 is 0 Å². The van der Waals surface area contributed by atoms with Gasteiger partial charge in [-0.2, -0.15) is 0 Å². The summed E-state index contributed by atoms with van der Waals surface area (Å²) in [5.74, 6) is 1.68. The highest BCUT2D eigenvalue weighted by atomic mass is 35.5. The Balaban J connectivity index is 0.00000192. The van der Waals surface area contributed by atoms with E-state index >= 15 is 0 Å². The van der Waals surface area contributed by atoms with Crippen LogP contribution in [-0.2, 0) is 0 Å². The smallest absolute Gasteiger partial charge is 0.103 e. The van der Waals surface area contributed by atoms with Gasteiger partial charge in [-0.3, -0.25) is 0 Å². The monoisotopic (exact) mass is 386 g/mol. The van der Waals surface area contributed by atoms with Crippen LogP contribution in [0.15, 0.2) is 0 Å². The Morgan fingerprint density at radius 3 is 1.68 bits per heavy atom. The minimum atomic E-state index is -0.706. The normalized spacial score (nSPS) is 44.6. The van der Waals surface area contributed by atoms with Crippen LogP contribution >= 0.6 is 11.6 Å². The van der Waals surface area contributed by atoms with Gasteiger partial charge in [0, 0.05) is 5.38 Å². The molecule has 0 bridgehead atoms. The van der Waals surface area contributed by atoms with Gasteiger partial charge in [0.2, 0.25) is 0 Å². The summed E-state index contributed by atoms with van der Waals surface area (Å²) in [5.41, 5.74) is 0. The van der Waals surface area contributed by atoms with E-state index in [-0.39, 0.29) is 34.2 Å². The average Bonchev–Trinajstić information content (AvgIpc) is 2.48. The lowest BCUT2D eigenvalue weighted by Gasteiger charge is -2.43. The largest absolute Gasteiger partial charge is 0.412 e. The Morgan fingerprint density at radius 1 is 0.640 bits per heavy atom. The second-order valence-electron chi connectivity index (χ2n) is 8.36. The van der Waals surface area contributed by atoms with Gasteiger partial charge in [0.15, 0.2) is 0 Å². The van der Waals surface area contributed by atoms with Crippen molar-refractivity contribution in [3.63, 3.8) is 0 Å². The molecule has 0 amide bonds. The zero-order valence-electron chi connectivity index (χ0n) is 15.3. The van der Waals surface area contributed by atoms with Gasteiger partial charge in [-0.15, -0.1) is 11.6 Å². The van der Waals surface area contributed by atoms with Gasteiger partial charge in [-0.05, 0) is 87.4 Å². The first kappa shape index (κ1) is 25.0. The van der Waals surface area contributed by atoms with Crippen molar-refractivity contribution in [3.05, 3.63) is 0 Å². The molecule has 3 nitrogen and oxygen atoms in total. The van der Waals surface area contributed by atoms with Crippen LogP contribution in [-0.4, -0.2) is 34.1 Å². The molecule has 0 heterocycles. The lowest BCUT2D eigenvalue weighted by atomic mass is 9.64. The highest BCUT2D eigenvalue weighted by Crippen LogP contribution is 2.47. The van der Waals surface area contributed by atoms with Crippen LogP contribution in [0, 0.1) is 29.6 Å². The molecule has 3 saturated carbocycles. The number of alkyl halides is 3. The first-order valence-corrected chi connectivity index (χ1v) is 9.90. The van der Waals surface area contributed by atoms with E-state index in [0.29, 0.717) is 30.1 Å². The topological polar surface area (TPSA) is 94.5 Å². The Kier molecular flexibility index (Phi) is 11.0. The second kappa shape index (κ2) is 11.0. The average molecular weight is 387 g/mol. The maximum Gasteiger partial charge on any atom is 0.103 e. The van der Waals surface area contributed by atoms with E-state index in [9.17, 15) is 8.78 Å². The van der Waals surface area contributed by atoms with Gasteiger partial charge < -0.3 is 16.4 Å². The highest BCUT2D eigenvalue weighted by Gasteiger charge is 2.42. The third-order valence-corrected chi connectivity index (χ3v) is 7.30. The maximum atomic E-state index is 14.8. The molecular weight excluding hydrogens is 350 g/mol. The van der Waals surface area contributed by atoms with Gasteiger partial charge in [0.1, 0.15) is 12.3 Å². The van der Waals surface area contributed by atoms with Crippen molar-refractivity contribution in [1.29, 1.82) is 0 Å². The van der Waals surface area contributed by atoms with Crippen molar-refractivity contribution in [2.45, 2.75) is 88.9 Å². The fourth-order valence-electron chi connectivity index (χ4n) is 5.46. The SMILES string of the molecule is CC1CCC(C2CCC(C3CCC(Cl)CC3)C(F)C2)C(F)C1.O.O.O. The third-order valence-electron chi connectivity index (χ3n) is 6.86. The first-order chi connectivity index (χ1) is 10.5. The summed E-state index contributed by atoms with van der Waals surface area (Å²) >= 11 is 6.17. The molecule has 6 heteroatoms. The van der Waals surface area contributed by atoms with Crippen molar-refractivity contribution in [2.24, 2.45) is 29.6 Å². The molecule has 3 aliphatic rings. The van der Waals surface area contributed by atoms with E-state index in [1.54, 1.807) is 0 Å². The quantitative estimate of drug-likeness (QED) is 0.644. The van der Waals surface area contributed by atoms with Gasteiger partial charge >= 0.3 is 0 Å². The molecule has 0 aromatic rings. The van der Waals surface area contributed by atoms with E-state index in [1.807, 2.05) is 0 Å². The second-order valence-corrected chi connectivity index (χ2v) is 8.98. The summed E-state index contributed by atoms with van der Waals surface area (Å²) in [5, 5.41) is 0.308. The summed E-state index contributed by atoms with van der Waals surface area (Å²) in [6.45, 7) is 2.14. The maximum absolute atomic E-state index is 14.8. The zero-order chi connectivity index (χ0) is 15.7. The molecule has 0 radical (unpaired) electrons. The standard InChI is InChI=1S/C19H31ClF2.3H2O/c1-12-2-8-17(18(21)10-12)14-5-9-16(19(22)11-14)13-3-6-15(20)7-4-13;;;/h12-19H,2-11H2,1H3;3*1H2. The molecule has 0 aromatic carbocycles. The Bertz CT molecular complexity index is 367. The van der Waals surface area contributed by atoms with E-state index < -0.39 is 12.3 Å². The highest BCUT2D eigenvalue weighted by molar-refractivity contribution is 6.20. The molecule has 6 N–H and O–H groups in total. The molecule has 6 unspecified atom stereocenters. The fourth-order valence-corrected chi connectivity index (χ4v) is 5.71. The molecule has 0 spiro atoms. The van der Waals surface area contributed by atoms with Crippen molar-refractivity contribution in [2.75, 3.05) is 0 Å². The van der Waals surface area contributed by atoms with Crippen LogP contribution in [0.1, 0.15) is 71.1 Å². The number of hydrogen-bond donors (Lipinski definition) is 0. The van der Waals surface area contributed by atoms with Crippen molar-refractivity contribution in [1.82, 2.24) is 0 Å². The minimum Gasteiger partial charge on any atom is -0.412 e. The van der Waals surface area contributed by atoms with Gasteiger partial charge in [-0.25, -0.2) is 8.78 Å². The Labute approximate surface area is 155 Å². The minimum absolute atomic E-state index is 0. The summed E-state index contributed by atoms with van der Waals surface area (Å²) in [6.07, 6.45) is 8.32. The van der Waals surface area contributed by atoms with Gasteiger partial charge in [0.25, 0.3) is 0 Å². The molecule has 0 aromatic heterocycles. The van der Waals surface area contributed by atoms with Gasteiger partial charge in [-0.1, -0.05) is 13.3 Å². The van der Waals surface area contributed by atoms with Crippen LogP contribution in [0.2, 0.25) is 0 Å². The lowest BCUT2D eigenvalue weighted by molar-refractivity contribution is 0.0112. The lowest BCUT2D eigenvalue weighted by Crippen LogP contribution is -2.39. The number of rotatable bonds is 2. The van der Waals surface area contributed by atoms with E-state index in [4.69, 9.17) is 11.6 Å². The fraction of sp³-hybridized carbons (Fsp3) is 1.00. The van der Waals surface area contributed by atoms with Crippen LogP contribution in [0.25, 0.3) is 0 Å². The van der Waals surface area contributed by atoms with Crippen molar-refractivity contribution < 1.29 is 25.2 Å². The predicted molar refractivity (Wildman–Crippen MR) is 99.6 cm³/mol. The number of hydrogen-bond acceptors (Lipinski definition) is 0. The van der Waals surface area contributed by atoms with Crippen LogP contribution in [0.3, 0.4) is 0 Å². The van der Waals surface area contributed by atoms with Crippen molar-refractivity contribution >= 4 is 11.6 Å². The molecule has 0 saturated heterocycles. The summed E-state index contributed by atoms with van der Waals surface area (Å²) in [4.78, 5) is 0. The summed E-state index contributed by atoms with van der Waals surface area (Å²) in [6, 6.07) is 0. The van der Waals surface area contributed by atoms with Gasteiger partial charge in [0.05, 0.1) is 0 Å². The zero-order valence-corrected chi connectivity index (χ0v) is 16.1. The van der Waals surface area contributed by atoms with E-state index in [2.05, 4.69) is 6.92 Å². The van der Waals surface area contributed by atoms with E-state index in [1.165, 1.54) is 0 Å². The molecule has 3 fully saturated rings. The molecule has 3 aliphatic carbocycles. The summed E-state index contributed by atoms with van der Waals surface area (Å²) < 4.78 is 29.2. The number of halogens is 3. The molecular formula is C19H37ClF2O3. The molecule has 3 rings (SSSR count). The molecule has 0 aliphatic heterocycles. The summed E-state index contributed by atoms with van der Waals surface area (Å²) in [7, 11) is 0. The van der Waals surface area contributed by atoms with E-state index in [0.717, 1.165) is 51.4 Å². The molecule has 25 heavy (non-hydrogen) atoms. The predicted octanol–water partition coefficient (Wildman–Crippen LogP) is 3.84. The van der Waals surface area contributed by atoms with Crippen LogP contribution in [0.4, 0.5) is 8.78 Å². The third kappa shape index (κ3) is 6.02. The molecule has 6 atom stereocenters. The Hall–Kier alpha value is 0.0300. The molecule has 152 valence electrons. The Morgan fingerprint density at radius 2 is 1.12 bits per heavy atom. The van der Waals surface area contributed by atoms with Crippen LogP contribution in [0.5, 0.6) is 0 Å². The van der Waals surface area contributed by atoms with Crippen molar-refractivity contribution in [3.8, 4) is 0 Å².